The summed E-state index contributed by atoms with van der Waals surface area (Å²) in [6, 6.07) is 14.6. The maximum absolute atomic E-state index is 13.1. The lowest BCUT2D eigenvalue weighted by molar-refractivity contribution is -0.116. The van der Waals surface area contributed by atoms with Gasteiger partial charge in [-0.15, -0.1) is 11.8 Å². The molecular formula is C23H29N3OS2. The van der Waals surface area contributed by atoms with Crippen LogP contribution in [0.3, 0.4) is 0 Å². The molecule has 3 rings (SSSR count). The maximum Gasteiger partial charge on any atom is 0.239 e. The zero-order valence-corrected chi connectivity index (χ0v) is 19.3. The van der Waals surface area contributed by atoms with Crippen molar-refractivity contribution in [2.75, 3.05) is 37.8 Å². The Balaban J connectivity index is 1.79. The Labute approximate surface area is 181 Å². The summed E-state index contributed by atoms with van der Waals surface area (Å²) < 4.78 is 1.15. The van der Waals surface area contributed by atoms with E-state index in [-0.39, 0.29) is 5.91 Å². The third-order valence-corrected chi connectivity index (χ3v) is 6.81. The number of nitrogens with zero attached hydrogens (tertiary/aromatic N) is 3. The molecule has 0 saturated carbocycles. The van der Waals surface area contributed by atoms with Crippen LogP contribution in [0, 0.1) is 6.92 Å². The standard InChI is InChI=1S/C23H29N3OS2/c1-5-18-8-6-9-20-22(18)24-23(29-20)26(15-7-14-25(3)4)21(27)16-28-19-12-10-17(2)11-13-19/h6,8-13H,5,7,14-16H2,1-4H3. The fourth-order valence-corrected chi connectivity index (χ4v) is 4.96. The molecule has 0 aliphatic heterocycles. The van der Waals surface area contributed by atoms with Crippen molar-refractivity contribution < 1.29 is 4.79 Å². The van der Waals surface area contributed by atoms with Crippen LogP contribution in [-0.2, 0) is 11.2 Å². The van der Waals surface area contributed by atoms with Gasteiger partial charge in [0.05, 0.1) is 16.0 Å². The number of hydrogen-bond acceptors (Lipinski definition) is 5. The number of rotatable bonds is 9. The van der Waals surface area contributed by atoms with Crippen molar-refractivity contribution in [3.05, 3.63) is 53.6 Å². The number of anilines is 1. The number of fused-ring (bicyclic) bond motifs is 1. The lowest BCUT2D eigenvalue weighted by atomic mass is 10.1. The molecule has 0 aliphatic rings. The van der Waals surface area contributed by atoms with Crippen LogP contribution in [0.1, 0.15) is 24.5 Å². The third-order valence-electron chi connectivity index (χ3n) is 4.77. The van der Waals surface area contributed by atoms with E-state index in [1.807, 2.05) is 4.90 Å². The minimum atomic E-state index is 0.117. The number of benzene rings is 2. The summed E-state index contributed by atoms with van der Waals surface area (Å²) in [5, 5.41) is 0.814. The van der Waals surface area contributed by atoms with E-state index in [1.54, 1.807) is 23.1 Å². The first-order valence-corrected chi connectivity index (χ1v) is 11.8. The molecule has 0 bridgehead atoms. The summed E-state index contributed by atoms with van der Waals surface area (Å²) >= 11 is 3.21. The minimum absolute atomic E-state index is 0.117. The van der Waals surface area contributed by atoms with Gasteiger partial charge in [-0.1, -0.05) is 48.1 Å². The molecule has 154 valence electrons. The van der Waals surface area contributed by atoms with Gasteiger partial charge in [0, 0.05) is 11.4 Å². The Morgan fingerprint density at radius 3 is 2.55 bits per heavy atom. The van der Waals surface area contributed by atoms with Crippen LogP contribution in [-0.4, -0.2) is 48.7 Å². The SMILES string of the molecule is CCc1cccc2sc(N(CCCN(C)C)C(=O)CSc3ccc(C)cc3)nc12. The Morgan fingerprint density at radius 2 is 1.86 bits per heavy atom. The van der Waals surface area contributed by atoms with Gasteiger partial charge < -0.3 is 4.90 Å². The van der Waals surface area contributed by atoms with Crippen LogP contribution in [0.15, 0.2) is 47.4 Å². The highest BCUT2D eigenvalue weighted by Gasteiger charge is 2.20. The largest absolute Gasteiger partial charge is 0.309 e. The van der Waals surface area contributed by atoms with Gasteiger partial charge in [-0.05, 0) is 64.2 Å². The van der Waals surface area contributed by atoms with Crippen LogP contribution in [0.4, 0.5) is 5.13 Å². The molecule has 0 fully saturated rings. The van der Waals surface area contributed by atoms with E-state index in [0.29, 0.717) is 12.3 Å². The highest BCUT2D eigenvalue weighted by molar-refractivity contribution is 8.00. The Bertz CT molecular complexity index is 950. The first kappa shape index (κ1) is 21.8. The summed E-state index contributed by atoms with van der Waals surface area (Å²) in [7, 11) is 4.12. The van der Waals surface area contributed by atoms with Crippen molar-refractivity contribution in [1.29, 1.82) is 0 Å². The van der Waals surface area contributed by atoms with E-state index in [4.69, 9.17) is 4.98 Å². The fraction of sp³-hybridized carbons (Fsp3) is 0.391. The second kappa shape index (κ2) is 10.2. The van der Waals surface area contributed by atoms with Crippen molar-refractivity contribution in [3.63, 3.8) is 0 Å². The first-order chi connectivity index (χ1) is 14.0. The zero-order chi connectivity index (χ0) is 20.8. The lowest BCUT2D eigenvalue weighted by Crippen LogP contribution is -2.34. The van der Waals surface area contributed by atoms with E-state index >= 15 is 0 Å². The summed E-state index contributed by atoms with van der Waals surface area (Å²) in [5.41, 5.74) is 3.50. The van der Waals surface area contributed by atoms with Crippen molar-refractivity contribution in [3.8, 4) is 0 Å². The summed E-state index contributed by atoms with van der Waals surface area (Å²) in [6.07, 6.45) is 1.86. The van der Waals surface area contributed by atoms with Gasteiger partial charge in [-0.2, -0.15) is 0 Å². The van der Waals surface area contributed by atoms with Crippen LogP contribution in [0.5, 0.6) is 0 Å². The van der Waals surface area contributed by atoms with Gasteiger partial charge in [0.15, 0.2) is 5.13 Å². The minimum Gasteiger partial charge on any atom is -0.309 e. The number of aryl methyl sites for hydroxylation is 2. The van der Waals surface area contributed by atoms with Crippen LogP contribution in [0.2, 0.25) is 0 Å². The highest BCUT2D eigenvalue weighted by atomic mass is 32.2. The summed E-state index contributed by atoms with van der Waals surface area (Å²) in [6.45, 7) is 5.85. The summed E-state index contributed by atoms with van der Waals surface area (Å²) in [4.78, 5) is 23.2. The molecule has 0 atom stereocenters. The molecule has 0 radical (unpaired) electrons. The fourth-order valence-electron chi connectivity index (χ4n) is 3.12. The monoisotopic (exact) mass is 427 g/mol. The molecule has 6 heteroatoms. The first-order valence-electron chi connectivity index (χ1n) is 10.0. The van der Waals surface area contributed by atoms with Crippen molar-refractivity contribution >= 4 is 44.4 Å². The molecule has 1 amide bonds. The van der Waals surface area contributed by atoms with E-state index in [1.165, 1.54) is 11.1 Å². The van der Waals surface area contributed by atoms with E-state index in [9.17, 15) is 4.79 Å². The average molecular weight is 428 g/mol. The molecule has 1 aromatic heterocycles. The van der Waals surface area contributed by atoms with Crippen LogP contribution >= 0.6 is 23.1 Å². The van der Waals surface area contributed by atoms with Gasteiger partial charge in [0.1, 0.15) is 0 Å². The van der Waals surface area contributed by atoms with Crippen LogP contribution < -0.4 is 4.90 Å². The number of amides is 1. The molecule has 0 saturated heterocycles. The van der Waals surface area contributed by atoms with Gasteiger partial charge >= 0.3 is 0 Å². The number of thioether (sulfide) groups is 1. The number of para-hydroxylation sites is 1. The number of thiazole rings is 1. The molecule has 1 heterocycles. The molecule has 0 unspecified atom stereocenters. The Kier molecular flexibility index (Phi) is 7.70. The average Bonchev–Trinajstić information content (AvgIpc) is 3.14. The highest BCUT2D eigenvalue weighted by Crippen LogP contribution is 2.32. The van der Waals surface area contributed by atoms with Gasteiger partial charge in [0.25, 0.3) is 0 Å². The smallest absolute Gasteiger partial charge is 0.239 e. The molecule has 4 nitrogen and oxygen atoms in total. The van der Waals surface area contributed by atoms with Crippen molar-refractivity contribution in [2.24, 2.45) is 0 Å². The van der Waals surface area contributed by atoms with Crippen molar-refractivity contribution in [1.82, 2.24) is 9.88 Å². The van der Waals surface area contributed by atoms with Crippen LogP contribution in [0.25, 0.3) is 10.2 Å². The Hall–Kier alpha value is -1.89. The number of aromatic nitrogens is 1. The predicted octanol–water partition coefficient (Wildman–Crippen LogP) is 5.24. The predicted molar refractivity (Wildman–Crippen MR) is 126 cm³/mol. The number of hydrogen-bond donors (Lipinski definition) is 0. The van der Waals surface area contributed by atoms with E-state index in [2.05, 4.69) is 75.3 Å². The molecular weight excluding hydrogens is 398 g/mol. The topological polar surface area (TPSA) is 36.4 Å². The molecule has 0 spiro atoms. The lowest BCUT2D eigenvalue weighted by Gasteiger charge is -2.21. The number of carbonyl (C=O) groups is 1. The zero-order valence-electron chi connectivity index (χ0n) is 17.6. The maximum atomic E-state index is 13.1. The second-order valence-corrected chi connectivity index (χ2v) is 9.48. The number of carbonyl (C=O) groups excluding carboxylic acids is 1. The molecule has 29 heavy (non-hydrogen) atoms. The Morgan fingerprint density at radius 1 is 1.10 bits per heavy atom. The molecule has 0 N–H and O–H groups in total. The van der Waals surface area contributed by atoms with E-state index in [0.717, 1.165) is 39.6 Å². The van der Waals surface area contributed by atoms with Gasteiger partial charge in [0.2, 0.25) is 5.91 Å². The van der Waals surface area contributed by atoms with Crippen molar-refractivity contribution in [2.45, 2.75) is 31.6 Å². The normalized spacial score (nSPS) is 11.3. The van der Waals surface area contributed by atoms with Gasteiger partial charge in [-0.3, -0.25) is 9.69 Å². The third kappa shape index (κ3) is 5.81. The van der Waals surface area contributed by atoms with Gasteiger partial charge in [-0.25, -0.2) is 4.98 Å². The molecule has 0 aliphatic carbocycles. The molecule has 2 aromatic carbocycles. The molecule has 3 aromatic rings. The quantitative estimate of drug-likeness (QED) is 0.437. The van der Waals surface area contributed by atoms with E-state index < -0.39 is 0 Å². The second-order valence-electron chi connectivity index (χ2n) is 7.42. The summed E-state index contributed by atoms with van der Waals surface area (Å²) in [5.74, 6) is 0.535.